The number of carbonyl (C=O) groups is 2. The Bertz CT molecular complexity index is 749. The Morgan fingerprint density at radius 1 is 1.38 bits per heavy atom. The van der Waals surface area contributed by atoms with Gasteiger partial charge < -0.3 is 10.4 Å². The highest BCUT2D eigenvalue weighted by molar-refractivity contribution is 7.13. The van der Waals surface area contributed by atoms with Gasteiger partial charge in [-0.05, 0) is 24.1 Å². The number of amides is 1. The monoisotopic (exact) mass is 386 g/mol. The maximum absolute atomic E-state index is 11.9. The van der Waals surface area contributed by atoms with Crippen LogP contribution in [0.2, 0.25) is 10.0 Å². The number of nitrogens with zero attached hydrogens (tertiary/aromatic N) is 1. The third-order valence-electron chi connectivity index (χ3n) is 3.23. The molecule has 0 radical (unpaired) electrons. The highest BCUT2D eigenvalue weighted by atomic mass is 35.5. The van der Waals surface area contributed by atoms with Gasteiger partial charge in [0.1, 0.15) is 5.01 Å². The normalized spacial score (nSPS) is 12.0. The van der Waals surface area contributed by atoms with Crippen LogP contribution >= 0.6 is 34.5 Å². The summed E-state index contributed by atoms with van der Waals surface area (Å²) >= 11 is 13.4. The van der Waals surface area contributed by atoms with Gasteiger partial charge in [0, 0.05) is 28.9 Å². The van der Waals surface area contributed by atoms with E-state index < -0.39 is 5.97 Å². The molecule has 0 fully saturated rings. The Kier molecular flexibility index (Phi) is 6.60. The van der Waals surface area contributed by atoms with E-state index in [2.05, 4.69) is 10.3 Å². The Morgan fingerprint density at radius 3 is 2.79 bits per heavy atom. The number of rotatable bonds is 7. The number of aromatic nitrogens is 1. The first-order valence-electron chi connectivity index (χ1n) is 7.23. The molecule has 8 heteroatoms. The molecule has 0 aliphatic rings. The second-order valence-electron chi connectivity index (χ2n) is 5.45. The maximum atomic E-state index is 11.9. The second-order valence-corrected chi connectivity index (χ2v) is 7.15. The SMILES string of the molecule is CC(CNC(=O)Cc1csc(-c2ccc(Cl)cc2Cl)n1)CC(=O)O. The van der Waals surface area contributed by atoms with Crippen LogP contribution in [0.5, 0.6) is 0 Å². The van der Waals surface area contributed by atoms with E-state index in [1.54, 1.807) is 30.5 Å². The number of carboxylic acid groups (broad SMARTS) is 1. The van der Waals surface area contributed by atoms with Crippen molar-refractivity contribution in [3.8, 4) is 10.6 Å². The smallest absolute Gasteiger partial charge is 0.303 e. The zero-order valence-electron chi connectivity index (χ0n) is 12.9. The van der Waals surface area contributed by atoms with Gasteiger partial charge in [-0.1, -0.05) is 30.1 Å². The van der Waals surface area contributed by atoms with E-state index in [4.69, 9.17) is 28.3 Å². The zero-order valence-corrected chi connectivity index (χ0v) is 15.2. The van der Waals surface area contributed by atoms with Gasteiger partial charge in [0.15, 0.2) is 0 Å². The molecule has 1 aromatic heterocycles. The van der Waals surface area contributed by atoms with Gasteiger partial charge in [-0.3, -0.25) is 9.59 Å². The third-order valence-corrected chi connectivity index (χ3v) is 4.70. The molecule has 2 rings (SSSR count). The first kappa shape index (κ1) is 18.7. The van der Waals surface area contributed by atoms with Gasteiger partial charge in [-0.15, -0.1) is 11.3 Å². The fourth-order valence-electron chi connectivity index (χ4n) is 2.06. The van der Waals surface area contributed by atoms with Gasteiger partial charge in [0.2, 0.25) is 5.91 Å². The van der Waals surface area contributed by atoms with Gasteiger partial charge in [-0.2, -0.15) is 0 Å². The fourth-order valence-corrected chi connectivity index (χ4v) is 3.47. The number of nitrogens with one attached hydrogen (secondary N) is 1. The molecule has 1 aromatic carbocycles. The van der Waals surface area contributed by atoms with Crippen molar-refractivity contribution in [3.05, 3.63) is 39.3 Å². The summed E-state index contributed by atoms with van der Waals surface area (Å²) in [4.78, 5) is 26.9. The van der Waals surface area contributed by atoms with Crippen LogP contribution in [-0.4, -0.2) is 28.5 Å². The van der Waals surface area contributed by atoms with Gasteiger partial charge in [0.25, 0.3) is 0 Å². The van der Waals surface area contributed by atoms with Gasteiger partial charge >= 0.3 is 5.97 Å². The number of thiazole rings is 1. The summed E-state index contributed by atoms with van der Waals surface area (Å²) < 4.78 is 0. The van der Waals surface area contributed by atoms with Crippen LogP contribution in [0.15, 0.2) is 23.6 Å². The van der Waals surface area contributed by atoms with E-state index in [-0.39, 0.29) is 24.7 Å². The van der Waals surface area contributed by atoms with Crippen molar-refractivity contribution in [2.24, 2.45) is 5.92 Å². The molecule has 5 nitrogen and oxygen atoms in total. The summed E-state index contributed by atoms with van der Waals surface area (Å²) in [6.45, 7) is 2.10. The van der Waals surface area contributed by atoms with Gasteiger partial charge in [-0.25, -0.2) is 4.98 Å². The topological polar surface area (TPSA) is 79.3 Å². The highest BCUT2D eigenvalue weighted by Crippen LogP contribution is 2.32. The van der Waals surface area contributed by atoms with Crippen LogP contribution in [0.4, 0.5) is 0 Å². The predicted molar refractivity (Wildman–Crippen MR) is 95.7 cm³/mol. The Hall–Kier alpha value is -1.63. The summed E-state index contributed by atoms with van der Waals surface area (Å²) in [5, 5.41) is 15.0. The Balaban J connectivity index is 1.93. The quantitative estimate of drug-likeness (QED) is 0.756. The van der Waals surface area contributed by atoms with Crippen LogP contribution in [0, 0.1) is 5.92 Å². The van der Waals surface area contributed by atoms with Crippen molar-refractivity contribution in [3.63, 3.8) is 0 Å². The van der Waals surface area contributed by atoms with Gasteiger partial charge in [0.05, 0.1) is 17.1 Å². The molecule has 1 amide bonds. The van der Waals surface area contributed by atoms with Crippen LogP contribution in [0.25, 0.3) is 10.6 Å². The number of halogens is 2. The summed E-state index contributed by atoms with van der Waals surface area (Å²) in [6, 6.07) is 5.18. The predicted octanol–water partition coefficient (Wildman–Crippen LogP) is 3.89. The highest BCUT2D eigenvalue weighted by Gasteiger charge is 2.13. The number of hydrogen-bond donors (Lipinski definition) is 2. The van der Waals surface area contributed by atoms with Crippen molar-refractivity contribution in [1.29, 1.82) is 0 Å². The largest absolute Gasteiger partial charge is 0.481 e. The molecule has 0 saturated heterocycles. The van der Waals surface area contributed by atoms with E-state index in [1.807, 2.05) is 0 Å². The lowest BCUT2D eigenvalue weighted by atomic mass is 10.1. The molecule has 1 atom stereocenters. The lowest BCUT2D eigenvalue weighted by Gasteiger charge is -2.09. The molecular formula is C16H16Cl2N2O3S. The first-order valence-corrected chi connectivity index (χ1v) is 8.87. The van der Waals surface area contributed by atoms with Crippen LogP contribution in [0.1, 0.15) is 19.0 Å². The van der Waals surface area contributed by atoms with Crippen molar-refractivity contribution >= 4 is 46.4 Å². The number of carbonyl (C=O) groups excluding carboxylic acids is 1. The molecule has 0 saturated carbocycles. The number of hydrogen-bond acceptors (Lipinski definition) is 4. The maximum Gasteiger partial charge on any atom is 0.303 e. The molecule has 24 heavy (non-hydrogen) atoms. The minimum absolute atomic E-state index is 0.0240. The first-order chi connectivity index (χ1) is 11.3. The molecule has 2 aromatic rings. The molecule has 2 N–H and O–H groups in total. The molecule has 128 valence electrons. The van der Waals surface area contributed by atoms with Crippen molar-refractivity contribution in [2.75, 3.05) is 6.54 Å². The minimum Gasteiger partial charge on any atom is -0.481 e. The van der Waals surface area contributed by atoms with Crippen molar-refractivity contribution < 1.29 is 14.7 Å². The number of aliphatic carboxylic acids is 1. The van der Waals surface area contributed by atoms with Crippen LogP contribution in [-0.2, 0) is 16.0 Å². The van der Waals surface area contributed by atoms with E-state index in [1.165, 1.54) is 11.3 Å². The van der Waals surface area contributed by atoms with E-state index in [0.717, 1.165) is 10.6 Å². The summed E-state index contributed by atoms with van der Waals surface area (Å²) in [5.74, 6) is -1.18. The van der Waals surface area contributed by atoms with Crippen molar-refractivity contribution in [2.45, 2.75) is 19.8 Å². The average Bonchev–Trinajstić information content (AvgIpc) is 2.92. The van der Waals surface area contributed by atoms with E-state index >= 15 is 0 Å². The molecule has 0 bridgehead atoms. The van der Waals surface area contributed by atoms with E-state index in [0.29, 0.717) is 22.3 Å². The standard InChI is InChI=1S/C16H16Cl2N2O3S/c1-9(4-15(22)23)7-19-14(21)6-11-8-24-16(20-11)12-3-2-10(17)5-13(12)18/h2-3,5,8-9H,4,6-7H2,1H3,(H,19,21)(H,22,23). The Labute approximate surface area is 153 Å². The number of benzene rings is 1. The molecule has 1 heterocycles. The average molecular weight is 387 g/mol. The summed E-state index contributed by atoms with van der Waals surface area (Å²) in [7, 11) is 0. The lowest BCUT2D eigenvalue weighted by Crippen LogP contribution is -2.30. The molecule has 1 unspecified atom stereocenters. The minimum atomic E-state index is -0.874. The lowest BCUT2D eigenvalue weighted by molar-refractivity contribution is -0.138. The Morgan fingerprint density at radius 2 is 2.12 bits per heavy atom. The summed E-state index contributed by atoms with van der Waals surface area (Å²) in [5.41, 5.74) is 1.41. The van der Waals surface area contributed by atoms with E-state index in [9.17, 15) is 9.59 Å². The van der Waals surface area contributed by atoms with Crippen LogP contribution in [0.3, 0.4) is 0 Å². The zero-order chi connectivity index (χ0) is 17.7. The molecular weight excluding hydrogens is 371 g/mol. The van der Waals surface area contributed by atoms with Crippen LogP contribution < -0.4 is 5.32 Å². The molecule has 0 aliphatic heterocycles. The molecule has 0 aliphatic carbocycles. The van der Waals surface area contributed by atoms with Crippen molar-refractivity contribution in [1.82, 2.24) is 10.3 Å². The molecule has 0 spiro atoms. The summed E-state index contributed by atoms with van der Waals surface area (Å²) in [6.07, 6.45) is 0.164. The third kappa shape index (κ3) is 5.47. The fraction of sp³-hybridized carbons (Fsp3) is 0.312. The number of carboxylic acids is 1. The second kappa shape index (κ2) is 8.46.